The highest BCUT2D eigenvalue weighted by molar-refractivity contribution is 7.07. The maximum Gasteiger partial charge on any atom is 0.286 e. The zero-order valence-electron chi connectivity index (χ0n) is 16.7. The van der Waals surface area contributed by atoms with Gasteiger partial charge in [-0.25, -0.2) is 4.98 Å². The van der Waals surface area contributed by atoms with E-state index in [2.05, 4.69) is 24.1 Å². The summed E-state index contributed by atoms with van der Waals surface area (Å²) in [4.78, 5) is 27.9. The first-order valence-corrected chi connectivity index (χ1v) is 10.1. The number of nitrogens with one attached hydrogen (secondary N) is 1. The number of aromatic nitrogens is 1. The Labute approximate surface area is 177 Å². The maximum absolute atomic E-state index is 12.8. The molecule has 0 atom stereocenters. The smallest absolute Gasteiger partial charge is 0.286 e. The average Bonchev–Trinajstić information content (AvgIpc) is 3.25. The number of benzene rings is 2. The second kappa shape index (κ2) is 9.36. The van der Waals surface area contributed by atoms with Gasteiger partial charge in [-0.15, -0.1) is 11.3 Å². The third-order valence-electron chi connectivity index (χ3n) is 4.42. The lowest BCUT2D eigenvalue weighted by atomic mass is 10.0. The number of amides is 1. The third kappa shape index (κ3) is 4.93. The van der Waals surface area contributed by atoms with Gasteiger partial charge < -0.3 is 14.8 Å². The number of nitro groups is 1. The van der Waals surface area contributed by atoms with E-state index in [1.165, 1.54) is 30.6 Å². The number of carbonyl (C=O) groups is 1. The van der Waals surface area contributed by atoms with Crippen LogP contribution in [0.3, 0.4) is 0 Å². The minimum absolute atomic E-state index is 0.120. The van der Waals surface area contributed by atoms with Gasteiger partial charge in [-0.3, -0.25) is 14.9 Å². The van der Waals surface area contributed by atoms with Crippen LogP contribution in [0.2, 0.25) is 0 Å². The molecule has 1 heterocycles. The van der Waals surface area contributed by atoms with Crippen LogP contribution in [0.15, 0.2) is 47.3 Å². The predicted molar refractivity (Wildman–Crippen MR) is 115 cm³/mol. The van der Waals surface area contributed by atoms with Crippen molar-refractivity contribution in [3.63, 3.8) is 0 Å². The molecule has 0 unspecified atom stereocenters. The number of thiazole rings is 1. The highest BCUT2D eigenvalue weighted by Crippen LogP contribution is 2.35. The molecular formula is C21H21N3O5S. The molecule has 156 valence electrons. The number of nitro benzene ring substituents is 1. The van der Waals surface area contributed by atoms with E-state index < -0.39 is 10.8 Å². The van der Waals surface area contributed by atoms with E-state index in [4.69, 9.17) is 9.47 Å². The largest absolute Gasteiger partial charge is 0.493 e. The van der Waals surface area contributed by atoms with Crippen LogP contribution in [0.5, 0.6) is 11.5 Å². The standard InChI is InChI=1S/C21H21N3O5S/c1-13(2)14-4-6-15(7-5-14)23-21(25)17-8-19(28-3)20(9-18(17)24(26)27)29-10-16-11-30-12-22-16/h4-9,11-13H,10H2,1-3H3,(H,23,25). The lowest BCUT2D eigenvalue weighted by Gasteiger charge is -2.13. The van der Waals surface area contributed by atoms with Gasteiger partial charge in [0.15, 0.2) is 11.5 Å². The summed E-state index contributed by atoms with van der Waals surface area (Å²) in [5.41, 5.74) is 3.53. The molecule has 0 aliphatic heterocycles. The van der Waals surface area contributed by atoms with Crippen molar-refractivity contribution >= 4 is 28.6 Å². The van der Waals surface area contributed by atoms with Crippen molar-refractivity contribution in [2.45, 2.75) is 26.4 Å². The Bertz CT molecular complexity index is 1030. The number of nitrogens with zero attached hydrogens (tertiary/aromatic N) is 2. The average molecular weight is 427 g/mol. The first-order chi connectivity index (χ1) is 14.4. The van der Waals surface area contributed by atoms with Gasteiger partial charge in [0.25, 0.3) is 11.6 Å². The molecule has 8 nitrogen and oxygen atoms in total. The van der Waals surface area contributed by atoms with Gasteiger partial charge in [-0.05, 0) is 23.6 Å². The van der Waals surface area contributed by atoms with Crippen molar-refractivity contribution in [3.05, 3.63) is 74.2 Å². The number of rotatable bonds is 8. The van der Waals surface area contributed by atoms with E-state index in [-0.39, 0.29) is 29.4 Å². The van der Waals surface area contributed by atoms with Gasteiger partial charge >= 0.3 is 0 Å². The number of ether oxygens (including phenoxy) is 2. The van der Waals surface area contributed by atoms with E-state index in [9.17, 15) is 14.9 Å². The summed E-state index contributed by atoms with van der Waals surface area (Å²) >= 11 is 1.42. The van der Waals surface area contributed by atoms with Crippen LogP contribution >= 0.6 is 11.3 Å². The fraction of sp³-hybridized carbons (Fsp3) is 0.238. The molecule has 1 N–H and O–H groups in total. The van der Waals surface area contributed by atoms with E-state index in [0.717, 1.165) is 5.56 Å². The van der Waals surface area contributed by atoms with Gasteiger partial charge in [0.1, 0.15) is 12.2 Å². The van der Waals surface area contributed by atoms with Crippen LogP contribution in [0.25, 0.3) is 0 Å². The molecule has 30 heavy (non-hydrogen) atoms. The molecule has 1 amide bonds. The van der Waals surface area contributed by atoms with Gasteiger partial charge in [0, 0.05) is 17.1 Å². The molecule has 0 spiro atoms. The normalized spacial score (nSPS) is 10.7. The third-order valence-corrected chi connectivity index (χ3v) is 5.05. The van der Waals surface area contributed by atoms with Crippen molar-refractivity contribution in [1.82, 2.24) is 4.98 Å². The van der Waals surface area contributed by atoms with Crippen LogP contribution in [-0.2, 0) is 6.61 Å². The Morgan fingerprint density at radius 2 is 1.97 bits per heavy atom. The van der Waals surface area contributed by atoms with Gasteiger partial charge in [0.05, 0.1) is 29.3 Å². The van der Waals surface area contributed by atoms with Crippen LogP contribution < -0.4 is 14.8 Å². The summed E-state index contributed by atoms with van der Waals surface area (Å²) in [7, 11) is 1.41. The molecular weight excluding hydrogens is 406 g/mol. The highest BCUT2D eigenvalue weighted by Gasteiger charge is 2.25. The van der Waals surface area contributed by atoms with E-state index in [1.807, 2.05) is 17.5 Å². The maximum atomic E-state index is 12.8. The molecule has 0 bridgehead atoms. The first kappa shape index (κ1) is 21.3. The quantitative estimate of drug-likeness (QED) is 0.400. The summed E-state index contributed by atoms with van der Waals surface area (Å²) in [5, 5.41) is 16.1. The second-order valence-corrected chi connectivity index (χ2v) is 7.50. The minimum atomic E-state index is -0.619. The monoisotopic (exact) mass is 427 g/mol. The van der Waals surface area contributed by atoms with Crippen molar-refractivity contribution in [2.24, 2.45) is 0 Å². The van der Waals surface area contributed by atoms with Gasteiger partial charge in [-0.1, -0.05) is 26.0 Å². The zero-order valence-corrected chi connectivity index (χ0v) is 17.6. The Kier molecular flexibility index (Phi) is 6.63. The van der Waals surface area contributed by atoms with Crippen molar-refractivity contribution in [2.75, 3.05) is 12.4 Å². The minimum Gasteiger partial charge on any atom is -0.493 e. The summed E-state index contributed by atoms with van der Waals surface area (Å²) in [6.07, 6.45) is 0. The first-order valence-electron chi connectivity index (χ1n) is 9.16. The van der Waals surface area contributed by atoms with Crippen LogP contribution in [0, 0.1) is 10.1 Å². The predicted octanol–water partition coefficient (Wildman–Crippen LogP) is 5.01. The van der Waals surface area contributed by atoms with E-state index >= 15 is 0 Å². The Balaban J connectivity index is 1.86. The molecule has 0 radical (unpaired) electrons. The Hall–Kier alpha value is -3.46. The molecule has 0 saturated heterocycles. The summed E-state index contributed by atoms with van der Waals surface area (Å²) in [6.45, 7) is 4.27. The van der Waals surface area contributed by atoms with E-state index in [1.54, 1.807) is 17.6 Å². The fourth-order valence-electron chi connectivity index (χ4n) is 2.76. The topological polar surface area (TPSA) is 104 Å². The van der Waals surface area contributed by atoms with Crippen LogP contribution in [-0.4, -0.2) is 22.9 Å². The number of methoxy groups -OCH3 is 1. The number of hydrogen-bond donors (Lipinski definition) is 1. The molecule has 2 aromatic carbocycles. The fourth-order valence-corrected chi connectivity index (χ4v) is 3.31. The molecule has 0 aliphatic rings. The summed E-state index contributed by atoms with van der Waals surface area (Å²) in [5.74, 6) is 0.131. The van der Waals surface area contributed by atoms with Gasteiger partial charge in [0.2, 0.25) is 0 Å². The Morgan fingerprint density at radius 3 is 2.53 bits per heavy atom. The molecule has 0 aliphatic carbocycles. The Morgan fingerprint density at radius 1 is 1.23 bits per heavy atom. The molecule has 0 fully saturated rings. The molecule has 3 rings (SSSR count). The van der Waals surface area contributed by atoms with Crippen molar-refractivity contribution in [1.29, 1.82) is 0 Å². The van der Waals surface area contributed by atoms with Crippen LogP contribution in [0.1, 0.15) is 41.4 Å². The van der Waals surface area contributed by atoms with E-state index in [0.29, 0.717) is 17.3 Å². The number of anilines is 1. The summed E-state index contributed by atoms with van der Waals surface area (Å²) < 4.78 is 10.9. The summed E-state index contributed by atoms with van der Waals surface area (Å²) in [6, 6.07) is 9.85. The molecule has 9 heteroatoms. The van der Waals surface area contributed by atoms with Gasteiger partial charge in [-0.2, -0.15) is 0 Å². The highest BCUT2D eigenvalue weighted by atomic mass is 32.1. The lowest BCUT2D eigenvalue weighted by Crippen LogP contribution is -2.14. The SMILES string of the molecule is COc1cc(C(=O)Nc2ccc(C(C)C)cc2)c([N+](=O)[O-])cc1OCc1cscn1. The zero-order chi connectivity index (χ0) is 21.7. The molecule has 0 saturated carbocycles. The second-order valence-electron chi connectivity index (χ2n) is 6.78. The lowest BCUT2D eigenvalue weighted by molar-refractivity contribution is -0.385. The van der Waals surface area contributed by atoms with Crippen molar-refractivity contribution < 1.29 is 19.2 Å². The number of hydrogen-bond acceptors (Lipinski definition) is 7. The van der Waals surface area contributed by atoms with Crippen LogP contribution in [0.4, 0.5) is 11.4 Å². The van der Waals surface area contributed by atoms with Crippen molar-refractivity contribution in [3.8, 4) is 11.5 Å². The molecule has 3 aromatic rings. The molecule has 1 aromatic heterocycles. The number of carbonyl (C=O) groups excluding carboxylic acids is 1.